The molecule has 0 unspecified atom stereocenters. The van der Waals surface area contributed by atoms with Crippen LogP contribution < -0.4 is 10.6 Å². The first-order valence-electron chi connectivity index (χ1n) is 10.1. The normalized spacial score (nSPS) is 27.2. The topological polar surface area (TPSA) is 61.4 Å². The summed E-state index contributed by atoms with van der Waals surface area (Å²) in [6.07, 6.45) is 1.69. The van der Waals surface area contributed by atoms with Gasteiger partial charge in [0.1, 0.15) is 0 Å². The van der Waals surface area contributed by atoms with Gasteiger partial charge in [0.25, 0.3) is 0 Å². The summed E-state index contributed by atoms with van der Waals surface area (Å²) >= 11 is 0. The van der Waals surface area contributed by atoms with Crippen molar-refractivity contribution in [3.8, 4) is 0 Å². The van der Waals surface area contributed by atoms with Gasteiger partial charge in [-0.25, -0.2) is 0 Å². The van der Waals surface area contributed by atoms with Gasteiger partial charge in [-0.15, -0.1) is 0 Å². The lowest BCUT2D eigenvalue weighted by atomic mass is 9.99. The summed E-state index contributed by atoms with van der Waals surface area (Å²) in [6, 6.07) is 6.21. The number of likely N-dealkylation sites (tertiary alicyclic amines) is 1. The molecule has 5 nitrogen and oxygen atoms in total. The summed E-state index contributed by atoms with van der Waals surface area (Å²) in [5.74, 6) is 0.750. The SMILES string of the molecule is CNC(=O)[C@@H]1C[C@@]2(C[C@@H]2C(=O)NCc2ccc(C)c(C)c2)CN1CC(C)C. The molecular weight excluding hydrogens is 338 g/mol. The lowest BCUT2D eigenvalue weighted by Crippen LogP contribution is -2.43. The molecule has 2 N–H and O–H groups in total. The number of aryl methyl sites for hydroxylation is 2. The molecule has 3 atom stereocenters. The number of benzene rings is 1. The summed E-state index contributed by atoms with van der Waals surface area (Å²) in [6.45, 7) is 10.9. The Balaban J connectivity index is 1.60. The maximum absolute atomic E-state index is 12.7. The Bertz CT molecular complexity index is 730. The number of rotatable bonds is 6. The van der Waals surface area contributed by atoms with Crippen LogP contribution in [-0.2, 0) is 16.1 Å². The van der Waals surface area contributed by atoms with Crippen LogP contribution in [0.4, 0.5) is 0 Å². The van der Waals surface area contributed by atoms with Gasteiger partial charge in [-0.2, -0.15) is 0 Å². The van der Waals surface area contributed by atoms with Crippen molar-refractivity contribution in [2.24, 2.45) is 17.3 Å². The fourth-order valence-electron chi connectivity index (χ4n) is 4.52. The highest BCUT2D eigenvalue weighted by atomic mass is 16.2. The minimum Gasteiger partial charge on any atom is -0.358 e. The predicted molar refractivity (Wildman–Crippen MR) is 107 cm³/mol. The molecule has 1 heterocycles. The summed E-state index contributed by atoms with van der Waals surface area (Å²) in [4.78, 5) is 27.3. The Hall–Kier alpha value is -1.88. The van der Waals surface area contributed by atoms with E-state index in [1.54, 1.807) is 7.05 Å². The van der Waals surface area contributed by atoms with Crippen LogP contribution in [0.1, 0.15) is 43.4 Å². The van der Waals surface area contributed by atoms with Crippen LogP contribution in [0.25, 0.3) is 0 Å². The van der Waals surface area contributed by atoms with Crippen LogP contribution in [0.3, 0.4) is 0 Å². The highest BCUT2D eigenvalue weighted by molar-refractivity contribution is 5.85. The second-order valence-corrected chi connectivity index (χ2v) is 8.91. The average Bonchev–Trinajstić information content (AvgIpc) is 3.20. The fraction of sp³-hybridized carbons (Fsp3) is 0.636. The third kappa shape index (κ3) is 4.18. The Morgan fingerprint density at radius 1 is 1.19 bits per heavy atom. The summed E-state index contributed by atoms with van der Waals surface area (Å²) in [5, 5.41) is 5.91. The molecule has 5 heteroatoms. The number of amides is 2. The molecular formula is C22H33N3O2. The van der Waals surface area contributed by atoms with Crippen molar-refractivity contribution < 1.29 is 9.59 Å². The molecule has 1 aliphatic heterocycles. The Morgan fingerprint density at radius 2 is 1.93 bits per heavy atom. The second kappa shape index (κ2) is 7.63. The summed E-state index contributed by atoms with van der Waals surface area (Å²) < 4.78 is 0. The monoisotopic (exact) mass is 371 g/mol. The van der Waals surface area contributed by atoms with Gasteiger partial charge >= 0.3 is 0 Å². The molecule has 3 rings (SSSR count). The molecule has 2 aliphatic rings. The van der Waals surface area contributed by atoms with E-state index in [1.807, 2.05) is 0 Å². The van der Waals surface area contributed by atoms with Gasteiger partial charge in [0.2, 0.25) is 11.8 Å². The van der Waals surface area contributed by atoms with Gasteiger partial charge in [0, 0.05) is 32.6 Å². The molecule has 148 valence electrons. The number of likely N-dealkylation sites (N-methyl/N-ethyl adjacent to an activating group) is 1. The van der Waals surface area contributed by atoms with Gasteiger partial charge in [-0.3, -0.25) is 14.5 Å². The number of carbonyl (C=O) groups excluding carboxylic acids is 2. The first-order valence-corrected chi connectivity index (χ1v) is 10.1. The minimum absolute atomic E-state index is 0.0145. The summed E-state index contributed by atoms with van der Waals surface area (Å²) in [7, 11) is 1.70. The number of nitrogens with one attached hydrogen (secondary N) is 2. The molecule has 1 aliphatic carbocycles. The zero-order chi connectivity index (χ0) is 19.8. The molecule has 0 radical (unpaired) electrons. The Labute approximate surface area is 162 Å². The number of carbonyl (C=O) groups is 2. The molecule has 0 bridgehead atoms. The van der Waals surface area contributed by atoms with Crippen molar-refractivity contribution in [2.75, 3.05) is 20.1 Å². The van der Waals surface area contributed by atoms with Crippen molar-refractivity contribution in [3.63, 3.8) is 0 Å². The van der Waals surface area contributed by atoms with Crippen LogP contribution >= 0.6 is 0 Å². The third-order valence-corrected chi connectivity index (χ3v) is 6.25. The van der Waals surface area contributed by atoms with Crippen LogP contribution in [0.2, 0.25) is 0 Å². The van der Waals surface area contributed by atoms with Crippen LogP contribution in [0, 0.1) is 31.1 Å². The average molecular weight is 372 g/mol. The fourth-order valence-corrected chi connectivity index (χ4v) is 4.52. The smallest absolute Gasteiger partial charge is 0.237 e. The molecule has 2 fully saturated rings. The van der Waals surface area contributed by atoms with E-state index >= 15 is 0 Å². The van der Waals surface area contributed by atoms with Crippen LogP contribution in [-0.4, -0.2) is 42.9 Å². The number of nitrogens with zero attached hydrogens (tertiary/aromatic N) is 1. The molecule has 1 saturated carbocycles. The Kier molecular flexibility index (Phi) is 5.61. The van der Waals surface area contributed by atoms with Crippen molar-refractivity contribution >= 4 is 11.8 Å². The second-order valence-electron chi connectivity index (χ2n) is 8.91. The Morgan fingerprint density at radius 3 is 2.56 bits per heavy atom. The standard InChI is InChI=1S/C22H33N3O2/c1-14(2)12-25-13-22(10-19(25)21(27)23-5)9-18(22)20(26)24-11-17-7-6-15(3)16(4)8-17/h6-8,14,18-19H,9-13H2,1-5H3,(H,23,27)(H,24,26)/t18-,19+,22+/m1/s1. The number of hydrogen-bond donors (Lipinski definition) is 2. The zero-order valence-electron chi connectivity index (χ0n) is 17.3. The predicted octanol–water partition coefficient (Wildman–Crippen LogP) is 2.40. The highest BCUT2D eigenvalue weighted by Gasteiger charge is 2.63. The van der Waals surface area contributed by atoms with E-state index in [2.05, 4.69) is 61.4 Å². The lowest BCUT2D eigenvalue weighted by molar-refractivity contribution is -0.125. The van der Waals surface area contributed by atoms with E-state index < -0.39 is 0 Å². The van der Waals surface area contributed by atoms with E-state index in [-0.39, 0.29) is 29.2 Å². The quantitative estimate of drug-likeness (QED) is 0.807. The zero-order valence-corrected chi connectivity index (χ0v) is 17.3. The molecule has 1 saturated heterocycles. The first kappa shape index (κ1) is 19.9. The van der Waals surface area contributed by atoms with Crippen LogP contribution in [0.15, 0.2) is 18.2 Å². The van der Waals surface area contributed by atoms with E-state index in [4.69, 9.17) is 0 Å². The van der Waals surface area contributed by atoms with Gasteiger partial charge in [0.15, 0.2) is 0 Å². The maximum atomic E-state index is 12.7. The van der Waals surface area contributed by atoms with Gasteiger partial charge < -0.3 is 10.6 Å². The third-order valence-electron chi connectivity index (χ3n) is 6.25. The largest absolute Gasteiger partial charge is 0.358 e. The molecule has 27 heavy (non-hydrogen) atoms. The molecule has 1 aromatic rings. The molecule has 1 aromatic carbocycles. The van der Waals surface area contributed by atoms with Crippen LogP contribution in [0.5, 0.6) is 0 Å². The molecule has 0 aromatic heterocycles. The van der Waals surface area contributed by atoms with Crippen molar-refractivity contribution in [3.05, 3.63) is 34.9 Å². The van der Waals surface area contributed by atoms with E-state index in [1.165, 1.54) is 11.1 Å². The van der Waals surface area contributed by atoms with E-state index in [0.717, 1.165) is 31.5 Å². The van der Waals surface area contributed by atoms with Crippen molar-refractivity contribution in [1.29, 1.82) is 0 Å². The number of hydrogen-bond acceptors (Lipinski definition) is 3. The van der Waals surface area contributed by atoms with Crippen molar-refractivity contribution in [2.45, 2.75) is 53.1 Å². The van der Waals surface area contributed by atoms with E-state index in [0.29, 0.717) is 12.5 Å². The van der Waals surface area contributed by atoms with Gasteiger partial charge in [-0.1, -0.05) is 32.0 Å². The summed E-state index contributed by atoms with van der Waals surface area (Å²) in [5.41, 5.74) is 3.64. The highest BCUT2D eigenvalue weighted by Crippen LogP contribution is 2.60. The van der Waals surface area contributed by atoms with Gasteiger partial charge in [0.05, 0.1) is 6.04 Å². The maximum Gasteiger partial charge on any atom is 0.237 e. The minimum atomic E-state index is -0.102. The van der Waals surface area contributed by atoms with Crippen molar-refractivity contribution in [1.82, 2.24) is 15.5 Å². The van der Waals surface area contributed by atoms with E-state index in [9.17, 15) is 9.59 Å². The molecule has 1 spiro atoms. The van der Waals surface area contributed by atoms with Gasteiger partial charge in [-0.05, 0) is 54.7 Å². The first-order chi connectivity index (χ1) is 12.8. The molecule has 2 amide bonds. The lowest BCUT2D eigenvalue weighted by Gasteiger charge is -2.24.